The Morgan fingerprint density at radius 1 is 1.14 bits per heavy atom. The zero-order valence-electron chi connectivity index (χ0n) is 11.8. The molecule has 0 bridgehead atoms. The fraction of sp³-hybridized carbons (Fsp3) is 0.500. The highest BCUT2D eigenvalue weighted by Gasteiger charge is 2.40. The quantitative estimate of drug-likeness (QED) is 0.909. The van der Waals surface area contributed by atoms with Crippen LogP contribution in [0.4, 0.5) is 10.5 Å². The molecule has 3 rings (SSSR count). The average Bonchev–Trinajstić information content (AvgIpc) is 2.88. The van der Waals surface area contributed by atoms with Crippen LogP contribution >= 0.6 is 0 Å². The molecule has 21 heavy (non-hydrogen) atoms. The molecule has 5 heteroatoms. The summed E-state index contributed by atoms with van der Waals surface area (Å²) >= 11 is 0. The first kappa shape index (κ1) is 13.9. The number of aliphatic carboxylic acids is 1. The van der Waals surface area contributed by atoms with Crippen LogP contribution in [-0.4, -0.2) is 29.3 Å². The second-order valence-corrected chi connectivity index (χ2v) is 5.70. The van der Waals surface area contributed by atoms with Crippen molar-refractivity contribution in [2.24, 2.45) is 0 Å². The molecule has 0 saturated heterocycles. The van der Waals surface area contributed by atoms with E-state index in [4.69, 9.17) is 4.74 Å². The van der Waals surface area contributed by atoms with Gasteiger partial charge in [0.05, 0.1) is 5.69 Å². The van der Waals surface area contributed by atoms with Crippen LogP contribution in [-0.2, 0) is 16.0 Å². The van der Waals surface area contributed by atoms with Crippen molar-refractivity contribution in [3.05, 3.63) is 29.8 Å². The lowest BCUT2D eigenvalue weighted by Gasteiger charge is -2.27. The molecule has 0 radical (unpaired) electrons. The summed E-state index contributed by atoms with van der Waals surface area (Å²) in [6.07, 6.45) is 4.79. The molecule has 1 aromatic carbocycles. The van der Waals surface area contributed by atoms with Crippen LogP contribution in [0.2, 0.25) is 0 Å². The Bertz CT molecular complexity index is 551. The fourth-order valence-corrected chi connectivity index (χ4v) is 3.19. The van der Waals surface area contributed by atoms with Gasteiger partial charge in [0.25, 0.3) is 0 Å². The number of rotatable bonds is 2. The minimum atomic E-state index is -0.994. The number of anilines is 1. The van der Waals surface area contributed by atoms with Gasteiger partial charge in [0.1, 0.15) is 12.1 Å². The van der Waals surface area contributed by atoms with Crippen LogP contribution in [0.15, 0.2) is 24.3 Å². The lowest BCUT2D eigenvalue weighted by Crippen LogP contribution is -2.44. The maximum absolute atomic E-state index is 12.4. The van der Waals surface area contributed by atoms with E-state index >= 15 is 0 Å². The van der Waals surface area contributed by atoms with E-state index in [2.05, 4.69) is 0 Å². The number of amides is 1. The summed E-state index contributed by atoms with van der Waals surface area (Å²) in [6.45, 7) is 0. The van der Waals surface area contributed by atoms with E-state index in [9.17, 15) is 14.7 Å². The van der Waals surface area contributed by atoms with Crippen molar-refractivity contribution in [3.63, 3.8) is 0 Å². The highest BCUT2D eigenvalue weighted by Crippen LogP contribution is 2.33. The number of carbonyl (C=O) groups is 2. The second kappa shape index (κ2) is 5.76. The first-order chi connectivity index (χ1) is 10.2. The number of hydrogen-bond donors (Lipinski definition) is 1. The van der Waals surface area contributed by atoms with Crippen LogP contribution in [0.5, 0.6) is 0 Å². The average molecular weight is 289 g/mol. The molecule has 1 aliphatic heterocycles. The molecule has 1 N–H and O–H groups in total. The molecule has 0 unspecified atom stereocenters. The molecule has 1 fully saturated rings. The molecule has 0 aromatic heterocycles. The third-order valence-electron chi connectivity index (χ3n) is 4.28. The van der Waals surface area contributed by atoms with E-state index in [-0.39, 0.29) is 6.10 Å². The van der Waals surface area contributed by atoms with Crippen LogP contribution < -0.4 is 4.90 Å². The number of nitrogens with zero attached hydrogens (tertiary/aromatic N) is 1. The van der Waals surface area contributed by atoms with Crippen molar-refractivity contribution >= 4 is 17.7 Å². The van der Waals surface area contributed by atoms with E-state index < -0.39 is 18.1 Å². The Hall–Kier alpha value is -2.04. The highest BCUT2D eigenvalue weighted by molar-refractivity contribution is 5.98. The number of ether oxygens (including phenoxy) is 1. The summed E-state index contributed by atoms with van der Waals surface area (Å²) in [6, 6.07) is 6.44. The summed E-state index contributed by atoms with van der Waals surface area (Å²) in [5.41, 5.74) is 1.54. The predicted molar refractivity (Wildman–Crippen MR) is 77.4 cm³/mol. The molecule has 1 aliphatic carbocycles. The molecule has 1 aromatic rings. The van der Waals surface area contributed by atoms with Gasteiger partial charge in [0, 0.05) is 6.42 Å². The molecule has 5 nitrogen and oxygen atoms in total. The molecule has 0 spiro atoms. The van der Waals surface area contributed by atoms with Crippen molar-refractivity contribution in [2.75, 3.05) is 4.90 Å². The van der Waals surface area contributed by atoms with Gasteiger partial charge in [-0.05, 0) is 37.3 Å². The smallest absolute Gasteiger partial charge is 0.415 e. The summed E-state index contributed by atoms with van der Waals surface area (Å²) in [4.78, 5) is 25.2. The fourth-order valence-electron chi connectivity index (χ4n) is 3.19. The first-order valence-electron chi connectivity index (χ1n) is 7.47. The lowest BCUT2D eigenvalue weighted by molar-refractivity contribution is -0.138. The van der Waals surface area contributed by atoms with E-state index in [0.29, 0.717) is 12.1 Å². The Morgan fingerprint density at radius 2 is 1.86 bits per heavy atom. The van der Waals surface area contributed by atoms with Crippen molar-refractivity contribution in [2.45, 2.75) is 50.7 Å². The molecular weight excluding hydrogens is 270 g/mol. The van der Waals surface area contributed by atoms with E-state index in [1.165, 1.54) is 11.3 Å². The van der Waals surface area contributed by atoms with Crippen LogP contribution in [0, 0.1) is 0 Å². The third-order valence-corrected chi connectivity index (χ3v) is 4.28. The van der Waals surface area contributed by atoms with Crippen LogP contribution in [0.3, 0.4) is 0 Å². The van der Waals surface area contributed by atoms with Crippen LogP contribution in [0.1, 0.15) is 37.7 Å². The van der Waals surface area contributed by atoms with Crippen molar-refractivity contribution < 1.29 is 19.4 Å². The summed E-state index contributed by atoms with van der Waals surface area (Å²) in [5.74, 6) is -0.994. The normalized spacial score (nSPS) is 21.9. The summed E-state index contributed by atoms with van der Waals surface area (Å²) < 4.78 is 5.54. The lowest BCUT2D eigenvalue weighted by atomic mass is 9.98. The first-order valence-corrected chi connectivity index (χ1v) is 7.47. The standard InChI is InChI=1S/C16H19NO4/c18-15(19)14-10-11-6-4-5-9-13(11)17(14)16(20)21-12-7-2-1-3-8-12/h4-6,9,12,14H,1-3,7-8,10H2,(H,18,19)/t14-/m1/s1. The summed E-state index contributed by atoms with van der Waals surface area (Å²) in [7, 11) is 0. The maximum atomic E-state index is 12.4. The molecule has 1 saturated carbocycles. The Morgan fingerprint density at radius 3 is 2.57 bits per heavy atom. The molecule has 112 valence electrons. The largest absolute Gasteiger partial charge is 0.480 e. The van der Waals surface area contributed by atoms with Gasteiger partial charge in [0.15, 0.2) is 0 Å². The van der Waals surface area contributed by atoms with Crippen molar-refractivity contribution in [1.29, 1.82) is 0 Å². The maximum Gasteiger partial charge on any atom is 0.415 e. The van der Waals surface area contributed by atoms with Gasteiger partial charge in [0.2, 0.25) is 0 Å². The molecule has 1 amide bonds. The van der Waals surface area contributed by atoms with Crippen molar-refractivity contribution in [1.82, 2.24) is 0 Å². The van der Waals surface area contributed by atoms with E-state index in [1.807, 2.05) is 18.2 Å². The van der Waals surface area contributed by atoms with Gasteiger partial charge in [-0.3, -0.25) is 4.90 Å². The molecular formula is C16H19NO4. The SMILES string of the molecule is O=C(O)[C@H]1Cc2ccccc2N1C(=O)OC1CCCCC1. The number of hydrogen-bond acceptors (Lipinski definition) is 3. The molecule has 1 heterocycles. The van der Waals surface area contributed by atoms with E-state index in [0.717, 1.165) is 31.2 Å². The number of fused-ring (bicyclic) bond motifs is 1. The zero-order chi connectivity index (χ0) is 14.8. The Balaban J connectivity index is 1.80. The van der Waals surface area contributed by atoms with Gasteiger partial charge in [-0.1, -0.05) is 24.6 Å². The Labute approximate surface area is 123 Å². The number of carbonyl (C=O) groups excluding carboxylic acids is 1. The van der Waals surface area contributed by atoms with Gasteiger partial charge in [-0.25, -0.2) is 9.59 Å². The van der Waals surface area contributed by atoms with Crippen LogP contribution in [0.25, 0.3) is 0 Å². The van der Waals surface area contributed by atoms with Gasteiger partial charge in [-0.15, -0.1) is 0 Å². The van der Waals surface area contributed by atoms with Gasteiger partial charge in [-0.2, -0.15) is 0 Å². The number of carboxylic acid groups (broad SMARTS) is 1. The predicted octanol–water partition coefficient (Wildman–Crippen LogP) is 2.97. The number of para-hydroxylation sites is 1. The number of benzene rings is 1. The number of carboxylic acids is 1. The monoisotopic (exact) mass is 289 g/mol. The van der Waals surface area contributed by atoms with E-state index in [1.54, 1.807) is 6.07 Å². The minimum absolute atomic E-state index is 0.0755. The molecule has 2 aliphatic rings. The topological polar surface area (TPSA) is 66.8 Å². The third kappa shape index (κ3) is 2.73. The zero-order valence-corrected chi connectivity index (χ0v) is 11.8. The second-order valence-electron chi connectivity index (χ2n) is 5.70. The minimum Gasteiger partial charge on any atom is -0.480 e. The Kier molecular flexibility index (Phi) is 3.82. The van der Waals surface area contributed by atoms with Gasteiger partial charge >= 0.3 is 12.1 Å². The molecule has 1 atom stereocenters. The van der Waals surface area contributed by atoms with Crippen molar-refractivity contribution in [3.8, 4) is 0 Å². The highest BCUT2D eigenvalue weighted by atomic mass is 16.6. The summed E-state index contributed by atoms with van der Waals surface area (Å²) in [5, 5.41) is 9.36. The van der Waals surface area contributed by atoms with Gasteiger partial charge < -0.3 is 9.84 Å².